The average molecular weight is 325 g/mol. The van der Waals surface area contributed by atoms with Gasteiger partial charge in [-0.2, -0.15) is 0 Å². The van der Waals surface area contributed by atoms with Crippen LogP contribution in [0.4, 0.5) is 10.5 Å². The molecule has 0 saturated carbocycles. The van der Waals surface area contributed by atoms with Gasteiger partial charge in [0.2, 0.25) is 0 Å². The molecule has 0 heterocycles. The molecule has 6 nitrogen and oxygen atoms in total. The van der Waals surface area contributed by atoms with Crippen molar-refractivity contribution in [1.82, 2.24) is 5.32 Å². The lowest BCUT2D eigenvalue weighted by Gasteiger charge is -2.19. The van der Waals surface area contributed by atoms with E-state index in [-0.39, 0.29) is 16.3 Å². The molecule has 0 unspecified atom stereocenters. The van der Waals surface area contributed by atoms with Crippen LogP contribution in [0, 0.1) is 22.0 Å². The molecule has 0 fully saturated rings. The van der Waals surface area contributed by atoms with Crippen LogP contribution in [-0.4, -0.2) is 23.2 Å². The topological polar surface area (TPSA) is 81.5 Å². The number of amides is 1. The van der Waals surface area contributed by atoms with Crippen LogP contribution in [0.25, 0.3) is 0 Å². The Kier molecular flexibility index (Phi) is 6.20. The highest BCUT2D eigenvalue weighted by Gasteiger charge is 2.15. The maximum absolute atomic E-state index is 11.4. The lowest BCUT2D eigenvalue weighted by atomic mass is 10.2. The highest BCUT2D eigenvalue weighted by molar-refractivity contribution is 6.30. The minimum atomic E-state index is -0.556. The molecular weight excluding hydrogens is 308 g/mol. The van der Waals surface area contributed by atoms with Gasteiger partial charge in [0.15, 0.2) is 0 Å². The molecule has 1 N–H and O–H groups in total. The van der Waals surface area contributed by atoms with Crippen molar-refractivity contribution in [3.05, 3.63) is 38.9 Å². The first-order valence-corrected chi connectivity index (χ1v) is 6.96. The Morgan fingerprint density at radius 3 is 2.73 bits per heavy atom. The quantitative estimate of drug-likeness (QED) is 0.399. The second-order valence-corrected chi connectivity index (χ2v) is 5.84. The molecule has 1 amide bonds. The maximum atomic E-state index is 11.4. The molecule has 0 aliphatic rings. The van der Waals surface area contributed by atoms with Crippen LogP contribution in [0.3, 0.4) is 0 Å². The lowest BCUT2D eigenvalue weighted by molar-refractivity contribution is -0.385. The van der Waals surface area contributed by atoms with Gasteiger partial charge in [-0.15, -0.1) is 0 Å². The Bertz CT molecular complexity index is 627. The molecule has 1 aromatic rings. The van der Waals surface area contributed by atoms with Crippen molar-refractivity contribution < 1.29 is 14.5 Å². The van der Waals surface area contributed by atoms with Crippen molar-refractivity contribution in [3.8, 4) is 11.8 Å². The van der Waals surface area contributed by atoms with E-state index in [1.165, 1.54) is 18.2 Å². The van der Waals surface area contributed by atoms with Gasteiger partial charge in [-0.05, 0) is 32.9 Å². The van der Waals surface area contributed by atoms with Gasteiger partial charge in [0.25, 0.3) is 5.69 Å². The smallest absolute Gasteiger partial charge is 0.407 e. The van der Waals surface area contributed by atoms with E-state index in [0.29, 0.717) is 13.0 Å². The van der Waals surface area contributed by atoms with Crippen LogP contribution in [0.1, 0.15) is 32.8 Å². The van der Waals surface area contributed by atoms with Gasteiger partial charge in [0.05, 0.1) is 4.92 Å². The third-order valence-corrected chi connectivity index (χ3v) is 2.53. The highest BCUT2D eigenvalue weighted by atomic mass is 35.5. The molecule has 0 aromatic heterocycles. The first-order valence-electron chi connectivity index (χ1n) is 6.59. The Hall–Kier alpha value is -2.26. The van der Waals surface area contributed by atoms with Gasteiger partial charge in [-0.3, -0.25) is 10.1 Å². The number of carbonyl (C=O) groups is 1. The van der Waals surface area contributed by atoms with Crippen molar-refractivity contribution >= 4 is 23.4 Å². The normalized spacial score (nSPS) is 10.4. The second kappa shape index (κ2) is 7.66. The van der Waals surface area contributed by atoms with Crippen molar-refractivity contribution in [1.29, 1.82) is 0 Å². The van der Waals surface area contributed by atoms with Gasteiger partial charge in [-0.25, -0.2) is 4.79 Å². The van der Waals surface area contributed by atoms with Crippen LogP contribution < -0.4 is 5.32 Å². The molecule has 1 aromatic carbocycles. The van der Waals surface area contributed by atoms with Crippen molar-refractivity contribution in [2.75, 3.05) is 6.54 Å². The van der Waals surface area contributed by atoms with E-state index in [2.05, 4.69) is 17.2 Å². The van der Waals surface area contributed by atoms with Crippen LogP contribution in [0.15, 0.2) is 18.2 Å². The molecule has 0 aliphatic heterocycles. The number of nitro benzene ring substituents is 1. The number of alkyl carbamates (subject to hydrolysis) is 1. The molecule has 118 valence electrons. The molecule has 7 heteroatoms. The SMILES string of the molecule is CC(C)(C)OC(=O)NCCC#Cc1ccc(Cl)cc1[N+](=O)[O-]. The summed E-state index contributed by atoms with van der Waals surface area (Å²) in [6, 6.07) is 4.29. The van der Waals surface area contributed by atoms with E-state index in [4.69, 9.17) is 16.3 Å². The first-order chi connectivity index (χ1) is 10.2. The minimum Gasteiger partial charge on any atom is -0.444 e. The highest BCUT2D eigenvalue weighted by Crippen LogP contribution is 2.22. The zero-order valence-electron chi connectivity index (χ0n) is 12.6. The molecule has 22 heavy (non-hydrogen) atoms. The van der Waals surface area contributed by atoms with Gasteiger partial charge in [0.1, 0.15) is 11.2 Å². The number of nitrogens with zero attached hydrogens (tertiary/aromatic N) is 1. The predicted octanol–water partition coefficient (Wildman–Crippen LogP) is 3.51. The van der Waals surface area contributed by atoms with E-state index in [9.17, 15) is 14.9 Å². The lowest BCUT2D eigenvalue weighted by Crippen LogP contribution is -2.32. The summed E-state index contributed by atoms with van der Waals surface area (Å²) in [5.74, 6) is 5.47. The van der Waals surface area contributed by atoms with E-state index in [1.54, 1.807) is 20.8 Å². The van der Waals surface area contributed by atoms with Crippen molar-refractivity contribution in [3.63, 3.8) is 0 Å². The zero-order valence-corrected chi connectivity index (χ0v) is 13.4. The largest absolute Gasteiger partial charge is 0.444 e. The summed E-state index contributed by atoms with van der Waals surface area (Å²) in [5, 5.41) is 13.7. The molecule has 1 rings (SSSR count). The standard InChI is InChI=1S/C15H17ClN2O4/c1-15(2,3)22-14(19)17-9-5-4-6-11-7-8-12(16)10-13(11)18(20)21/h7-8,10H,5,9H2,1-3H3,(H,17,19). The van der Waals surface area contributed by atoms with E-state index >= 15 is 0 Å². The predicted molar refractivity (Wildman–Crippen MR) is 83.8 cm³/mol. The fraction of sp³-hybridized carbons (Fsp3) is 0.400. The van der Waals surface area contributed by atoms with Gasteiger partial charge in [-0.1, -0.05) is 23.4 Å². The number of rotatable bonds is 3. The number of hydrogen-bond acceptors (Lipinski definition) is 4. The number of benzene rings is 1. The number of nitrogens with one attached hydrogen (secondary N) is 1. The summed E-state index contributed by atoms with van der Waals surface area (Å²) in [7, 11) is 0. The van der Waals surface area contributed by atoms with Crippen LogP contribution in [-0.2, 0) is 4.74 Å². The summed E-state index contributed by atoms with van der Waals surface area (Å²) in [5.41, 5.74) is -0.411. The minimum absolute atomic E-state index is 0.139. The molecule has 0 saturated heterocycles. The van der Waals surface area contributed by atoms with Gasteiger partial charge in [0, 0.05) is 24.1 Å². The van der Waals surface area contributed by atoms with Crippen molar-refractivity contribution in [2.24, 2.45) is 0 Å². The zero-order chi connectivity index (χ0) is 16.8. The Labute approximate surface area is 133 Å². The Balaban J connectivity index is 2.55. The molecule has 0 bridgehead atoms. The summed E-state index contributed by atoms with van der Waals surface area (Å²) >= 11 is 5.72. The molecule has 0 aliphatic carbocycles. The number of halogens is 1. The maximum Gasteiger partial charge on any atom is 0.407 e. The third kappa shape index (κ3) is 6.46. The van der Waals surface area contributed by atoms with Gasteiger partial charge < -0.3 is 10.1 Å². The summed E-state index contributed by atoms with van der Waals surface area (Å²) < 4.78 is 5.06. The summed E-state index contributed by atoms with van der Waals surface area (Å²) in [6.07, 6.45) is -0.175. The van der Waals surface area contributed by atoms with Crippen LogP contribution in [0.2, 0.25) is 5.02 Å². The number of carbonyl (C=O) groups excluding carboxylic acids is 1. The summed E-state index contributed by atoms with van der Waals surface area (Å²) in [4.78, 5) is 21.7. The van der Waals surface area contributed by atoms with E-state index in [0.717, 1.165) is 0 Å². The fourth-order valence-electron chi connectivity index (χ4n) is 1.46. The van der Waals surface area contributed by atoms with E-state index in [1.807, 2.05) is 0 Å². The molecular formula is C15H17ClN2O4. The summed E-state index contributed by atoms with van der Waals surface area (Å²) in [6.45, 7) is 5.60. The van der Waals surface area contributed by atoms with Crippen molar-refractivity contribution in [2.45, 2.75) is 32.8 Å². The number of ether oxygens (including phenoxy) is 1. The number of nitro groups is 1. The second-order valence-electron chi connectivity index (χ2n) is 5.40. The molecule has 0 atom stereocenters. The van der Waals surface area contributed by atoms with E-state index < -0.39 is 16.6 Å². The van der Waals surface area contributed by atoms with Crippen LogP contribution in [0.5, 0.6) is 0 Å². The third-order valence-electron chi connectivity index (χ3n) is 2.30. The monoisotopic (exact) mass is 324 g/mol. The molecule has 0 spiro atoms. The average Bonchev–Trinajstić information content (AvgIpc) is 2.37. The Morgan fingerprint density at radius 1 is 1.45 bits per heavy atom. The fourth-order valence-corrected chi connectivity index (χ4v) is 1.63. The Morgan fingerprint density at radius 2 is 2.14 bits per heavy atom. The van der Waals surface area contributed by atoms with Crippen LogP contribution >= 0.6 is 11.6 Å². The first kappa shape index (κ1) is 17.8. The van der Waals surface area contributed by atoms with Gasteiger partial charge >= 0.3 is 6.09 Å². The number of hydrogen-bond donors (Lipinski definition) is 1. The molecule has 0 radical (unpaired) electrons.